The van der Waals surface area contributed by atoms with Crippen LogP contribution in [0.1, 0.15) is 6.92 Å². The molecule has 0 bridgehead atoms. The summed E-state index contributed by atoms with van der Waals surface area (Å²) in [6.45, 7) is 1.96. The maximum absolute atomic E-state index is 4.60. The zero-order valence-electron chi connectivity index (χ0n) is 13.2. The van der Waals surface area contributed by atoms with Crippen molar-refractivity contribution in [2.45, 2.75) is 6.92 Å². The molecule has 0 unspecified atom stereocenters. The van der Waals surface area contributed by atoms with E-state index in [-0.39, 0.29) is 0 Å². The molecule has 23 heavy (non-hydrogen) atoms. The molecule has 4 heteroatoms. The maximum atomic E-state index is 4.60. The lowest BCUT2D eigenvalue weighted by Gasteiger charge is -2.03. The Bertz CT molecular complexity index is 872. The average Bonchev–Trinajstić information content (AvgIpc) is 2.99. The Hall–Kier alpha value is -3.01. The fourth-order valence-electron chi connectivity index (χ4n) is 2.43. The first-order chi connectivity index (χ1) is 11.3. The number of aromatic nitrogens is 2. The van der Waals surface area contributed by atoms with Gasteiger partial charge in [0.25, 0.3) is 0 Å². The first kappa shape index (κ1) is 14.9. The monoisotopic (exact) mass is 302 g/mol. The summed E-state index contributed by atoms with van der Waals surface area (Å²) in [5.74, 6) is 0. The van der Waals surface area contributed by atoms with Crippen LogP contribution in [-0.4, -0.2) is 28.5 Å². The zero-order valence-corrected chi connectivity index (χ0v) is 13.2. The molecule has 0 spiro atoms. The van der Waals surface area contributed by atoms with Crippen LogP contribution in [0, 0.1) is 0 Å². The van der Waals surface area contributed by atoms with E-state index in [4.69, 9.17) is 0 Å². The molecule has 0 aliphatic carbocycles. The molecule has 1 aromatic heterocycles. The van der Waals surface area contributed by atoms with Gasteiger partial charge in [-0.3, -0.25) is 9.56 Å². The third kappa shape index (κ3) is 3.26. The standard InChI is InChI=1S/C19H18N4/c1-3-7-16(13-20-2)22-15-10-11-19-18(12-15)21-14-23(19)17-8-5-4-6-9-17/h3-14H,1-2H3/b7-3-,20-13?,22-16?. The van der Waals surface area contributed by atoms with Gasteiger partial charge in [0.2, 0.25) is 0 Å². The molecule has 0 aliphatic rings. The van der Waals surface area contributed by atoms with Crippen molar-refractivity contribution in [3.63, 3.8) is 0 Å². The summed E-state index contributed by atoms with van der Waals surface area (Å²) in [4.78, 5) is 13.1. The molecule has 4 nitrogen and oxygen atoms in total. The predicted octanol–water partition coefficient (Wildman–Crippen LogP) is 4.37. The highest BCUT2D eigenvalue weighted by Crippen LogP contribution is 2.23. The van der Waals surface area contributed by atoms with Gasteiger partial charge >= 0.3 is 0 Å². The van der Waals surface area contributed by atoms with Gasteiger partial charge in [-0.05, 0) is 43.3 Å². The SMILES string of the molecule is C/C=C\C(C=NC)=Nc1ccc2c(c1)ncn2-c1ccccc1. The summed E-state index contributed by atoms with van der Waals surface area (Å²) in [5.41, 5.74) is 4.76. The second kappa shape index (κ2) is 6.83. The summed E-state index contributed by atoms with van der Waals surface area (Å²) in [5, 5.41) is 0. The maximum Gasteiger partial charge on any atom is 0.100 e. The first-order valence-electron chi connectivity index (χ1n) is 7.48. The highest BCUT2D eigenvalue weighted by Gasteiger charge is 2.05. The lowest BCUT2D eigenvalue weighted by atomic mass is 10.2. The van der Waals surface area contributed by atoms with Crippen LogP contribution in [0.25, 0.3) is 16.7 Å². The van der Waals surface area contributed by atoms with Crippen molar-refractivity contribution >= 4 is 28.6 Å². The van der Waals surface area contributed by atoms with Gasteiger partial charge in [0, 0.05) is 18.9 Å². The second-order valence-electron chi connectivity index (χ2n) is 5.05. The van der Waals surface area contributed by atoms with Gasteiger partial charge in [-0.1, -0.05) is 24.3 Å². The molecule has 0 aliphatic heterocycles. The molecular formula is C19H18N4. The van der Waals surface area contributed by atoms with Crippen molar-refractivity contribution in [3.05, 3.63) is 67.0 Å². The number of hydrogen-bond donors (Lipinski definition) is 0. The van der Waals surface area contributed by atoms with Crippen molar-refractivity contribution in [1.82, 2.24) is 9.55 Å². The molecule has 0 amide bonds. The first-order valence-corrected chi connectivity index (χ1v) is 7.48. The molecule has 0 N–H and O–H groups in total. The molecule has 114 valence electrons. The highest BCUT2D eigenvalue weighted by molar-refractivity contribution is 6.36. The number of fused-ring (bicyclic) bond motifs is 1. The number of benzene rings is 2. The number of aliphatic imine (C=N–C) groups is 2. The lowest BCUT2D eigenvalue weighted by molar-refractivity contribution is 1.09. The van der Waals surface area contributed by atoms with Gasteiger partial charge < -0.3 is 0 Å². The topological polar surface area (TPSA) is 42.5 Å². The van der Waals surface area contributed by atoms with E-state index in [2.05, 4.69) is 31.7 Å². The van der Waals surface area contributed by atoms with Gasteiger partial charge in [0.1, 0.15) is 6.33 Å². The van der Waals surface area contributed by atoms with Crippen LogP contribution >= 0.6 is 0 Å². The third-order valence-corrected chi connectivity index (χ3v) is 3.42. The molecule has 1 heterocycles. The van der Waals surface area contributed by atoms with E-state index in [1.807, 2.05) is 61.8 Å². The Kier molecular flexibility index (Phi) is 4.43. The molecule has 0 saturated carbocycles. The van der Waals surface area contributed by atoms with E-state index in [1.54, 1.807) is 13.3 Å². The molecule has 0 atom stereocenters. The molecule has 3 aromatic rings. The average molecular weight is 302 g/mol. The normalized spacial score (nSPS) is 12.7. The zero-order chi connectivity index (χ0) is 16.1. The van der Waals surface area contributed by atoms with Crippen LogP contribution in [-0.2, 0) is 0 Å². The van der Waals surface area contributed by atoms with E-state index in [0.717, 1.165) is 28.1 Å². The van der Waals surface area contributed by atoms with E-state index in [1.165, 1.54) is 0 Å². The van der Waals surface area contributed by atoms with Gasteiger partial charge in [-0.2, -0.15) is 0 Å². The minimum Gasteiger partial charge on any atom is -0.299 e. The number of allylic oxidation sites excluding steroid dienone is 2. The number of imidazole rings is 1. The smallest absolute Gasteiger partial charge is 0.100 e. The Morgan fingerprint density at radius 3 is 2.70 bits per heavy atom. The minimum atomic E-state index is 0.817. The van der Waals surface area contributed by atoms with Crippen LogP contribution < -0.4 is 0 Å². The minimum absolute atomic E-state index is 0.817. The summed E-state index contributed by atoms with van der Waals surface area (Å²) in [6.07, 6.45) is 7.46. The summed E-state index contributed by atoms with van der Waals surface area (Å²) >= 11 is 0. The van der Waals surface area contributed by atoms with E-state index < -0.39 is 0 Å². The Morgan fingerprint density at radius 1 is 1.13 bits per heavy atom. The van der Waals surface area contributed by atoms with Crippen LogP contribution in [0.3, 0.4) is 0 Å². The Morgan fingerprint density at radius 2 is 1.96 bits per heavy atom. The van der Waals surface area contributed by atoms with Gasteiger partial charge in [0.05, 0.1) is 22.4 Å². The predicted molar refractivity (Wildman–Crippen MR) is 97.4 cm³/mol. The number of para-hydroxylation sites is 1. The number of hydrogen-bond acceptors (Lipinski definition) is 3. The Balaban J connectivity index is 2.03. The van der Waals surface area contributed by atoms with Gasteiger partial charge in [-0.25, -0.2) is 9.98 Å². The molecule has 0 radical (unpaired) electrons. The highest BCUT2D eigenvalue weighted by atomic mass is 15.0. The summed E-state index contributed by atoms with van der Waals surface area (Å²) in [6, 6.07) is 16.2. The number of rotatable bonds is 4. The number of nitrogens with zero attached hydrogens (tertiary/aromatic N) is 4. The van der Waals surface area contributed by atoms with Crippen molar-refractivity contribution < 1.29 is 0 Å². The van der Waals surface area contributed by atoms with Crippen LogP contribution in [0.5, 0.6) is 0 Å². The largest absolute Gasteiger partial charge is 0.299 e. The second-order valence-corrected chi connectivity index (χ2v) is 5.05. The Labute approximate surface area is 135 Å². The van der Waals surface area contributed by atoms with Crippen molar-refractivity contribution in [2.75, 3.05) is 7.05 Å². The molecule has 3 rings (SSSR count). The molecule has 2 aromatic carbocycles. The lowest BCUT2D eigenvalue weighted by Crippen LogP contribution is -1.94. The fourth-order valence-corrected chi connectivity index (χ4v) is 2.43. The van der Waals surface area contributed by atoms with E-state index >= 15 is 0 Å². The third-order valence-electron chi connectivity index (χ3n) is 3.42. The van der Waals surface area contributed by atoms with Gasteiger partial charge in [-0.15, -0.1) is 0 Å². The summed E-state index contributed by atoms with van der Waals surface area (Å²) < 4.78 is 2.07. The van der Waals surface area contributed by atoms with Crippen LogP contribution in [0.15, 0.2) is 77.0 Å². The van der Waals surface area contributed by atoms with Crippen molar-refractivity contribution in [2.24, 2.45) is 9.98 Å². The molecule has 0 fully saturated rings. The van der Waals surface area contributed by atoms with Crippen molar-refractivity contribution in [1.29, 1.82) is 0 Å². The van der Waals surface area contributed by atoms with Crippen molar-refractivity contribution in [3.8, 4) is 5.69 Å². The van der Waals surface area contributed by atoms with Gasteiger partial charge in [0.15, 0.2) is 0 Å². The van der Waals surface area contributed by atoms with E-state index in [0.29, 0.717) is 0 Å². The fraction of sp³-hybridized carbons (Fsp3) is 0.105. The molecule has 0 saturated heterocycles. The quantitative estimate of drug-likeness (QED) is 0.660. The molecular weight excluding hydrogens is 284 g/mol. The van der Waals surface area contributed by atoms with E-state index in [9.17, 15) is 0 Å². The summed E-state index contributed by atoms with van der Waals surface area (Å²) in [7, 11) is 1.74. The van der Waals surface area contributed by atoms with Crippen LogP contribution in [0.4, 0.5) is 5.69 Å². The van der Waals surface area contributed by atoms with Crippen LogP contribution in [0.2, 0.25) is 0 Å².